The molecule has 0 aliphatic heterocycles. The third-order valence-electron chi connectivity index (χ3n) is 3.72. The number of nitrogens with zero attached hydrogens (tertiary/aromatic N) is 2. The van der Waals surface area contributed by atoms with Crippen LogP contribution in [0.15, 0.2) is 0 Å². The van der Waals surface area contributed by atoms with Crippen molar-refractivity contribution in [3.8, 4) is 6.07 Å². The molecule has 0 aromatic carbocycles. The summed E-state index contributed by atoms with van der Waals surface area (Å²) >= 11 is 0. The van der Waals surface area contributed by atoms with Crippen molar-refractivity contribution in [2.45, 2.75) is 58.9 Å². The fourth-order valence-corrected chi connectivity index (χ4v) is 2.34. The van der Waals surface area contributed by atoms with Crippen molar-refractivity contribution >= 4 is 0 Å². The van der Waals surface area contributed by atoms with Crippen LogP contribution in [0.5, 0.6) is 0 Å². The lowest BCUT2D eigenvalue weighted by atomic mass is 9.85. The molecule has 0 bridgehead atoms. The van der Waals surface area contributed by atoms with E-state index in [2.05, 4.69) is 38.8 Å². The smallest absolute Gasteiger partial charge is 0.0655 e. The van der Waals surface area contributed by atoms with Gasteiger partial charge < -0.3 is 4.90 Å². The molecule has 2 nitrogen and oxygen atoms in total. The van der Waals surface area contributed by atoms with Gasteiger partial charge in [0.2, 0.25) is 0 Å². The maximum absolute atomic E-state index is 8.86. The zero-order chi connectivity index (χ0) is 12.2. The molecule has 0 saturated heterocycles. The minimum Gasteiger partial charge on any atom is -0.303 e. The van der Waals surface area contributed by atoms with Crippen LogP contribution >= 0.6 is 0 Å². The number of hydrogen-bond donors (Lipinski definition) is 0. The van der Waals surface area contributed by atoms with Gasteiger partial charge in [0.05, 0.1) is 6.07 Å². The predicted octanol–water partition coefficient (Wildman–Crippen LogP) is 3.44. The lowest BCUT2D eigenvalue weighted by Crippen LogP contribution is -2.36. The van der Waals surface area contributed by atoms with E-state index in [1.54, 1.807) is 0 Å². The van der Waals surface area contributed by atoms with Crippen LogP contribution in [0.25, 0.3) is 0 Å². The lowest BCUT2D eigenvalue weighted by molar-refractivity contribution is 0.159. The first kappa shape index (κ1) is 13.5. The second-order valence-electron chi connectivity index (χ2n) is 6.43. The molecule has 0 N–H and O–H groups in total. The molecule has 0 radical (unpaired) electrons. The SMILES string of the molecule is CN(CCC(C)(C)C)C1CCC(C#N)CC1. The number of nitriles is 1. The first-order valence-electron chi connectivity index (χ1n) is 6.52. The molecule has 0 amide bonds. The maximum atomic E-state index is 8.86. The zero-order valence-electron chi connectivity index (χ0n) is 11.3. The summed E-state index contributed by atoms with van der Waals surface area (Å²) in [4.78, 5) is 2.50. The van der Waals surface area contributed by atoms with Gasteiger partial charge in [-0.3, -0.25) is 0 Å². The van der Waals surface area contributed by atoms with Gasteiger partial charge in [0.25, 0.3) is 0 Å². The van der Waals surface area contributed by atoms with Crippen LogP contribution in [0.4, 0.5) is 0 Å². The minimum absolute atomic E-state index is 0.326. The summed E-state index contributed by atoms with van der Waals surface area (Å²) in [5.74, 6) is 0.326. The van der Waals surface area contributed by atoms with E-state index in [0.29, 0.717) is 17.4 Å². The maximum Gasteiger partial charge on any atom is 0.0655 e. The average molecular weight is 222 g/mol. The van der Waals surface area contributed by atoms with Gasteiger partial charge in [0, 0.05) is 12.0 Å². The van der Waals surface area contributed by atoms with Crippen molar-refractivity contribution in [1.29, 1.82) is 5.26 Å². The molecule has 1 rings (SSSR count). The lowest BCUT2D eigenvalue weighted by Gasteiger charge is -2.34. The molecule has 1 aliphatic rings. The molecule has 0 aromatic rings. The van der Waals surface area contributed by atoms with E-state index in [0.717, 1.165) is 12.8 Å². The largest absolute Gasteiger partial charge is 0.303 e. The second kappa shape index (κ2) is 5.68. The summed E-state index contributed by atoms with van der Waals surface area (Å²) in [5.41, 5.74) is 0.429. The molecule has 1 fully saturated rings. The highest BCUT2D eigenvalue weighted by Crippen LogP contribution is 2.27. The van der Waals surface area contributed by atoms with Gasteiger partial charge in [-0.2, -0.15) is 5.26 Å². The Morgan fingerprint density at radius 2 is 1.75 bits per heavy atom. The van der Waals surface area contributed by atoms with E-state index < -0.39 is 0 Å². The molecule has 16 heavy (non-hydrogen) atoms. The molecule has 0 aromatic heterocycles. The quantitative estimate of drug-likeness (QED) is 0.731. The van der Waals surface area contributed by atoms with E-state index in [4.69, 9.17) is 5.26 Å². The van der Waals surface area contributed by atoms with Crippen molar-refractivity contribution in [2.24, 2.45) is 11.3 Å². The van der Waals surface area contributed by atoms with Crippen molar-refractivity contribution in [3.05, 3.63) is 0 Å². The second-order valence-corrected chi connectivity index (χ2v) is 6.43. The zero-order valence-corrected chi connectivity index (χ0v) is 11.3. The Hall–Kier alpha value is -0.550. The standard InChI is InChI=1S/C14H26N2/c1-14(2,3)9-10-16(4)13-7-5-12(11-15)6-8-13/h12-13H,5-10H2,1-4H3. The summed E-state index contributed by atoms with van der Waals surface area (Å²) < 4.78 is 0. The molecular formula is C14H26N2. The predicted molar refractivity (Wildman–Crippen MR) is 68.1 cm³/mol. The van der Waals surface area contributed by atoms with E-state index in [1.165, 1.54) is 25.8 Å². The first-order chi connectivity index (χ1) is 7.42. The molecule has 0 atom stereocenters. The highest BCUT2D eigenvalue weighted by atomic mass is 15.1. The van der Waals surface area contributed by atoms with Gasteiger partial charge in [0.15, 0.2) is 0 Å². The third-order valence-corrected chi connectivity index (χ3v) is 3.72. The topological polar surface area (TPSA) is 27.0 Å². The Morgan fingerprint density at radius 3 is 2.19 bits per heavy atom. The summed E-state index contributed by atoms with van der Waals surface area (Å²) in [5, 5.41) is 8.86. The van der Waals surface area contributed by atoms with Crippen LogP contribution in [0, 0.1) is 22.7 Å². The van der Waals surface area contributed by atoms with Crippen LogP contribution in [0.1, 0.15) is 52.9 Å². The van der Waals surface area contributed by atoms with Gasteiger partial charge >= 0.3 is 0 Å². The molecule has 1 aliphatic carbocycles. The third kappa shape index (κ3) is 4.53. The van der Waals surface area contributed by atoms with Crippen molar-refractivity contribution in [2.75, 3.05) is 13.6 Å². The average Bonchev–Trinajstić information content (AvgIpc) is 2.25. The van der Waals surface area contributed by atoms with Crippen LogP contribution in [0.2, 0.25) is 0 Å². The Morgan fingerprint density at radius 1 is 1.19 bits per heavy atom. The fourth-order valence-electron chi connectivity index (χ4n) is 2.34. The monoisotopic (exact) mass is 222 g/mol. The van der Waals surface area contributed by atoms with E-state index in [9.17, 15) is 0 Å². The molecule has 0 unspecified atom stereocenters. The normalized spacial score (nSPS) is 26.8. The molecule has 0 spiro atoms. The summed E-state index contributed by atoms with van der Waals surface area (Å²) in [7, 11) is 2.24. The Labute approximate surface area is 101 Å². The molecule has 92 valence electrons. The van der Waals surface area contributed by atoms with Gasteiger partial charge in [-0.1, -0.05) is 20.8 Å². The van der Waals surface area contributed by atoms with E-state index >= 15 is 0 Å². The Kier molecular flexibility index (Phi) is 4.80. The van der Waals surface area contributed by atoms with Crippen LogP contribution < -0.4 is 0 Å². The number of rotatable bonds is 3. The highest BCUT2D eigenvalue weighted by Gasteiger charge is 2.24. The van der Waals surface area contributed by atoms with Gasteiger partial charge in [0.1, 0.15) is 0 Å². The minimum atomic E-state index is 0.326. The first-order valence-corrected chi connectivity index (χ1v) is 6.52. The molecule has 1 saturated carbocycles. The van der Waals surface area contributed by atoms with Crippen LogP contribution in [0.3, 0.4) is 0 Å². The fraction of sp³-hybridized carbons (Fsp3) is 0.929. The van der Waals surface area contributed by atoms with Crippen molar-refractivity contribution in [3.63, 3.8) is 0 Å². The Bertz CT molecular complexity index is 238. The number of hydrogen-bond acceptors (Lipinski definition) is 2. The summed E-state index contributed by atoms with van der Waals surface area (Å²) in [6, 6.07) is 3.12. The molecule has 0 heterocycles. The van der Waals surface area contributed by atoms with E-state index in [-0.39, 0.29) is 0 Å². The Balaban J connectivity index is 2.28. The van der Waals surface area contributed by atoms with Crippen molar-refractivity contribution < 1.29 is 0 Å². The molecule has 2 heteroatoms. The summed E-state index contributed by atoms with van der Waals surface area (Å²) in [6.07, 6.45) is 5.86. The van der Waals surface area contributed by atoms with Crippen LogP contribution in [-0.4, -0.2) is 24.5 Å². The van der Waals surface area contributed by atoms with E-state index in [1.807, 2.05) is 0 Å². The molecular weight excluding hydrogens is 196 g/mol. The highest BCUT2D eigenvalue weighted by molar-refractivity contribution is 4.89. The van der Waals surface area contributed by atoms with Crippen LogP contribution in [-0.2, 0) is 0 Å². The summed E-state index contributed by atoms with van der Waals surface area (Å²) in [6.45, 7) is 8.08. The van der Waals surface area contributed by atoms with Crippen molar-refractivity contribution in [1.82, 2.24) is 4.90 Å². The van der Waals surface area contributed by atoms with Gasteiger partial charge in [-0.05, 0) is 51.1 Å². The van der Waals surface area contributed by atoms with Gasteiger partial charge in [-0.25, -0.2) is 0 Å². The van der Waals surface area contributed by atoms with Gasteiger partial charge in [-0.15, -0.1) is 0 Å².